The van der Waals surface area contributed by atoms with Gasteiger partial charge in [-0.05, 0) is 63.3 Å². The Labute approximate surface area is 148 Å². The number of anilines is 1. The summed E-state index contributed by atoms with van der Waals surface area (Å²) in [4.78, 5) is 12.6. The van der Waals surface area contributed by atoms with Gasteiger partial charge in [0.05, 0.1) is 5.60 Å². The highest BCUT2D eigenvalue weighted by Gasteiger charge is 2.61. The predicted molar refractivity (Wildman–Crippen MR) is 97.7 cm³/mol. The van der Waals surface area contributed by atoms with Gasteiger partial charge in [0, 0.05) is 17.2 Å². The van der Waals surface area contributed by atoms with Gasteiger partial charge in [-0.25, -0.2) is 4.79 Å². The van der Waals surface area contributed by atoms with E-state index in [9.17, 15) is 4.79 Å². The van der Waals surface area contributed by atoms with Crippen LogP contribution in [0.25, 0.3) is 6.08 Å². The van der Waals surface area contributed by atoms with Crippen molar-refractivity contribution in [2.24, 2.45) is 5.92 Å². The minimum Gasteiger partial charge on any atom is -0.455 e. The first kappa shape index (κ1) is 16.4. The van der Waals surface area contributed by atoms with Gasteiger partial charge in [-0.15, -0.1) is 0 Å². The second kappa shape index (κ2) is 6.03. The van der Waals surface area contributed by atoms with Gasteiger partial charge in [0.25, 0.3) is 0 Å². The molecule has 3 aliphatic rings. The molecule has 4 rings (SSSR count). The molecule has 2 fully saturated rings. The Morgan fingerprint density at radius 2 is 2.04 bits per heavy atom. The molecule has 4 nitrogen and oxygen atoms in total. The van der Waals surface area contributed by atoms with Crippen molar-refractivity contribution in [1.29, 1.82) is 0 Å². The molecule has 2 N–H and O–H groups in total. The molecule has 0 saturated carbocycles. The maximum atomic E-state index is 12.6. The second-order valence-corrected chi connectivity index (χ2v) is 7.72. The Bertz CT molecular complexity index is 749. The number of rotatable bonds is 1. The number of epoxide rings is 1. The predicted octanol–water partition coefficient (Wildman–Crippen LogP) is 3.87. The van der Waals surface area contributed by atoms with Gasteiger partial charge < -0.3 is 15.2 Å². The minimum absolute atomic E-state index is 0.0190. The molecule has 0 spiro atoms. The van der Waals surface area contributed by atoms with Gasteiger partial charge >= 0.3 is 5.97 Å². The van der Waals surface area contributed by atoms with Gasteiger partial charge in [-0.2, -0.15) is 0 Å². The van der Waals surface area contributed by atoms with Crippen molar-refractivity contribution in [3.8, 4) is 0 Å². The van der Waals surface area contributed by atoms with E-state index >= 15 is 0 Å². The fraction of sp³-hybridized carbons (Fsp3) is 0.476. The summed E-state index contributed by atoms with van der Waals surface area (Å²) in [7, 11) is 0. The Balaban J connectivity index is 1.67. The molecule has 0 bridgehead atoms. The number of allylic oxidation sites excluding steroid dienone is 2. The van der Waals surface area contributed by atoms with E-state index in [1.807, 2.05) is 30.3 Å². The second-order valence-electron chi connectivity index (χ2n) is 7.72. The third-order valence-corrected chi connectivity index (χ3v) is 5.76. The highest BCUT2D eigenvalue weighted by molar-refractivity contribution is 5.96. The zero-order valence-electron chi connectivity index (χ0n) is 14.8. The number of carbonyl (C=O) groups is 1. The van der Waals surface area contributed by atoms with Gasteiger partial charge in [-0.1, -0.05) is 23.8 Å². The number of esters is 1. The lowest BCUT2D eigenvalue weighted by Gasteiger charge is -2.19. The topological polar surface area (TPSA) is 64.8 Å². The molecule has 132 valence electrons. The number of nitrogens with two attached hydrogens (primary N) is 1. The molecule has 2 aliphatic heterocycles. The quantitative estimate of drug-likeness (QED) is 0.277. The monoisotopic (exact) mass is 339 g/mol. The van der Waals surface area contributed by atoms with Crippen molar-refractivity contribution in [2.45, 2.75) is 57.3 Å². The summed E-state index contributed by atoms with van der Waals surface area (Å²) in [5.41, 5.74) is 9.44. The van der Waals surface area contributed by atoms with Gasteiger partial charge in [0.2, 0.25) is 0 Å². The van der Waals surface area contributed by atoms with Crippen LogP contribution in [0.1, 0.15) is 45.1 Å². The Morgan fingerprint density at radius 1 is 1.28 bits per heavy atom. The summed E-state index contributed by atoms with van der Waals surface area (Å²) >= 11 is 0. The van der Waals surface area contributed by atoms with Gasteiger partial charge in [0.15, 0.2) is 0 Å². The summed E-state index contributed by atoms with van der Waals surface area (Å²) in [6.45, 7) is 4.31. The average molecular weight is 339 g/mol. The number of hydrogen-bond donors (Lipinski definition) is 1. The van der Waals surface area contributed by atoms with Crippen molar-refractivity contribution in [2.75, 3.05) is 5.73 Å². The number of ether oxygens (including phenoxy) is 2. The van der Waals surface area contributed by atoms with Crippen LogP contribution >= 0.6 is 0 Å². The van der Waals surface area contributed by atoms with Crippen LogP contribution in [0.3, 0.4) is 0 Å². The fourth-order valence-electron chi connectivity index (χ4n) is 4.09. The van der Waals surface area contributed by atoms with Crippen molar-refractivity contribution < 1.29 is 14.3 Å². The van der Waals surface area contributed by atoms with Crippen LogP contribution in [0.15, 0.2) is 41.5 Å². The van der Waals surface area contributed by atoms with Crippen LogP contribution in [0.5, 0.6) is 0 Å². The van der Waals surface area contributed by atoms with Crippen molar-refractivity contribution >= 4 is 17.7 Å². The summed E-state index contributed by atoms with van der Waals surface area (Å²) in [6.07, 6.45) is 8.03. The Kier molecular flexibility index (Phi) is 3.95. The maximum absolute atomic E-state index is 12.6. The minimum atomic E-state index is -0.203. The molecule has 0 aromatic heterocycles. The first-order valence-corrected chi connectivity index (χ1v) is 9.08. The number of benzene rings is 1. The van der Waals surface area contributed by atoms with Crippen molar-refractivity contribution in [1.82, 2.24) is 0 Å². The summed E-state index contributed by atoms with van der Waals surface area (Å²) < 4.78 is 11.8. The highest BCUT2D eigenvalue weighted by atomic mass is 16.6. The third kappa shape index (κ3) is 3.11. The zero-order chi connectivity index (χ0) is 17.6. The Morgan fingerprint density at radius 3 is 2.80 bits per heavy atom. The van der Waals surface area contributed by atoms with E-state index in [1.54, 1.807) is 0 Å². The van der Waals surface area contributed by atoms with Gasteiger partial charge in [0.1, 0.15) is 12.2 Å². The van der Waals surface area contributed by atoms with E-state index in [2.05, 4.69) is 19.9 Å². The van der Waals surface area contributed by atoms with Gasteiger partial charge in [-0.3, -0.25) is 0 Å². The largest absolute Gasteiger partial charge is 0.455 e. The van der Waals surface area contributed by atoms with E-state index in [0.29, 0.717) is 0 Å². The van der Waals surface area contributed by atoms with Crippen LogP contribution < -0.4 is 5.73 Å². The van der Waals surface area contributed by atoms with E-state index < -0.39 is 0 Å². The number of nitrogen functional groups attached to an aromatic ring is 1. The number of fused-ring (bicyclic) bond motifs is 3. The smallest absolute Gasteiger partial charge is 0.334 e. The molecule has 0 unspecified atom stereocenters. The molecular weight excluding hydrogens is 314 g/mol. The summed E-state index contributed by atoms with van der Waals surface area (Å²) in [5, 5.41) is 0. The SMILES string of the molecule is C/C1=C\CC[C@@]2(C)O[C@H]2[C@H]2OC(=O)/C(=C\c3ccc(N)cc3)[C@@H]2CC1. The van der Waals surface area contributed by atoms with E-state index in [-0.39, 0.29) is 29.7 Å². The molecule has 1 aromatic rings. The summed E-state index contributed by atoms with van der Waals surface area (Å²) in [5.74, 6) is -0.121. The third-order valence-electron chi connectivity index (χ3n) is 5.76. The molecule has 1 aliphatic carbocycles. The van der Waals surface area contributed by atoms with E-state index in [0.717, 1.165) is 42.5 Å². The molecule has 0 radical (unpaired) electrons. The van der Waals surface area contributed by atoms with Crippen LogP contribution in [-0.2, 0) is 14.3 Å². The van der Waals surface area contributed by atoms with E-state index in [1.165, 1.54) is 5.57 Å². The molecule has 25 heavy (non-hydrogen) atoms. The molecule has 2 heterocycles. The zero-order valence-corrected chi connectivity index (χ0v) is 14.8. The maximum Gasteiger partial charge on any atom is 0.334 e. The van der Waals surface area contributed by atoms with Crippen LogP contribution in [-0.4, -0.2) is 23.8 Å². The molecular formula is C21H25NO3. The lowest BCUT2D eigenvalue weighted by molar-refractivity contribution is -0.139. The number of carbonyl (C=O) groups excluding carboxylic acids is 1. The van der Waals surface area contributed by atoms with Crippen molar-refractivity contribution in [3.63, 3.8) is 0 Å². The molecule has 1 aromatic carbocycles. The van der Waals surface area contributed by atoms with E-state index in [4.69, 9.17) is 15.2 Å². The lowest BCUT2D eigenvalue weighted by Crippen LogP contribution is -2.28. The average Bonchev–Trinajstić information content (AvgIpc) is 3.15. The highest BCUT2D eigenvalue weighted by Crippen LogP contribution is 2.50. The molecule has 4 heteroatoms. The Hall–Kier alpha value is -2.07. The van der Waals surface area contributed by atoms with Crippen molar-refractivity contribution in [3.05, 3.63) is 47.1 Å². The van der Waals surface area contributed by atoms with Crippen LogP contribution in [0.2, 0.25) is 0 Å². The lowest BCUT2D eigenvalue weighted by atomic mass is 9.83. The summed E-state index contributed by atoms with van der Waals surface area (Å²) in [6, 6.07) is 7.58. The standard InChI is InChI=1S/C21H25NO3/c1-13-4-3-11-21(2)19(25-21)18-16(10-5-13)17(20(23)24-18)12-14-6-8-15(22)9-7-14/h4,6-9,12,16,18-19H,3,5,10-11,22H2,1-2H3/b13-4+,17-12-/t16-,18-,19-,21+/m0/s1. The molecule has 0 amide bonds. The normalized spacial score (nSPS) is 38.3. The first-order chi connectivity index (χ1) is 12.0. The van der Waals surface area contributed by atoms with Crippen LogP contribution in [0.4, 0.5) is 5.69 Å². The molecule has 4 atom stereocenters. The fourth-order valence-corrected chi connectivity index (χ4v) is 4.09. The number of hydrogen-bond acceptors (Lipinski definition) is 4. The first-order valence-electron chi connectivity index (χ1n) is 9.08. The van der Waals surface area contributed by atoms with Crippen LogP contribution in [0, 0.1) is 5.92 Å². The molecule has 2 saturated heterocycles.